The Labute approximate surface area is 110 Å². The average molecular weight is 252 g/mol. The highest BCUT2D eigenvalue weighted by atomic mass is 17.2. The molecule has 2 unspecified atom stereocenters. The minimum atomic E-state index is -0.348. The fraction of sp³-hybridized carbons (Fsp3) is 0.600. The van der Waals surface area contributed by atoms with Gasteiger partial charge < -0.3 is 4.74 Å². The first kappa shape index (κ1) is 15.2. The molecule has 0 heterocycles. The Balaban J connectivity index is 2.48. The largest absolute Gasteiger partial charge is 0.342 e. The van der Waals surface area contributed by atoms with Gasteiger partial charge in [0.1, 0.15) is 0 Å². The molecule has 0 N–H and O–H groups in total. The number of hydrogen-bond acceptors (Lipinski definition) is 3. The monoisotopic (exact) mass is 252 g/mol. The van der Waals surface area contributed by atoms with Crippen LogP contribution >= 0.6 is 0 Å². The Kier molecular flexibility index (Phi) is 5.79. The molecular formula is C15H24O3. The third-order valence-electron chi connectivity index (χ3n) is 2.36. The van der Waals surface area contributed by atoms with E-state index in [0.717, 1.165) is 12.0 Å². The Bertz CT molecular complexity index is 329. The van der Waals surface area contributed by atoms with Crippen molar-refractivity contribution in [3.63, 3.8) is 0 Å². The van der Waals surface area contributed by atoms with Crippen LogP contribution in [0.5, 0.6) is 0 Å². The van der Waals surface area contributed by atoms with Crippen molar-refractivity contribution in [2.24, 2.45) is 0 Å². The smallest absolute Gasteiger partial charge is 0.191 e. The third kappa shape index (κ3) is 5.63. The molecule has 0 fully saturated rings. The summed E-state index contributed by atoms with van der Waals surface area (Å²) in [6, 6.07) is 10.1. The van der Waals surface area contributed by atoms with Gasteiger partial charge in [0.2, 0.25) is 0 Å². The summed E-state index contributed by atoms with van der Waals surface area (Å²) in [6.07, 6.45) is 0.381. The van der Waals surface area contributed by atoms with Gasteiger partial charge in [-0.05, 0) is 39.7 Å². The van der Waals surface area contributed by atoms with Gasteiger partial charge in [-0.1, -0.05) is 37.3 Å². The molecule has 2 atom stereocenters. The van der Waals surface area contributed by atoms with Crippen LogP contribution in [0.3, 0.4) is 0 Å². The van der Waals surface area contributed by atoms with Crippen molar-refractivity contribution in [3.8, 4) is 0 Å². The minimum Gasteiger partial charge on any atom is -0.342 e. The molecule has 1 rings (SSSR count). The molecule has 1 aromatic rings. The van der Waals surface area contributed by atoms with Crippen LogP contribution < -0.4 is 0 Å². The summed E-state index contributed by atoms with van der Waals surface area (Å²) in [5.74, 6) is 0. The SMILES string of the molecule is CCC(OOC(C)(C)C)OC(C)c1ccccc1. The number of rotatable bonds is 6. The second kappa shape index (κ2) is 6.88. The van der Waals surface area contributed by atoms with Crippen LogP contribution in [0.1, 0.15) is 52.7 Å². The van der Waals surface area contributed by atoms with Gasteiger partial charge in [-0.3, -0.25) is 0 Å². The van der Waals surface area contributed by atoms with Gasteiger partial charge in [-0.15, -0.1) is 0 Å². The Hall–Kier alpha value is -0.900. The van der Waals surface area contributed by atoms with E-state index in [4.69, 9.17) is 14.5 Å². The fourth-order valence-electron chi connectivity index (χ4n) is 1.42. The molecule has 3 nitrogen and oxygen atoms in total. The van der Waals surface area contributed by atoms with Crippen LogP contribution in [0.15, 0.2) is 30.3 Å². The van der Waals surface area contributed by atoms with Gasteiger partial charge in [0.15, 0.2) is 6.29 Å². The highest BCUT2D eigenvalue weighted by Gasteiger charge is 2.18. The summed E-state index contributed by atoms with van der Waals surface area (Å²) in [7, 11) is 0. The predicted molar refractivity (Wildman–Crippen MR) is 71.9 cm³/mol. The summed E-state index contributed by atoms with van der Waals surface area (Å²) in [5, 5.41) is 0. The van der Waals surface area contributed by atoms with E-state index < -0.39 is 0 Å². The molecular weight excluding hydrogens is 228 g/mol. The maximum atomic E-state index is 5.83. The molecule has 0 aliphatic carbocycles. The molecule has 0 aromatic heterocycles. The summed E-state index contributed by atoms with van der Waals surface area (Å²) in [5.41, 5.74) is 0.808. The van der Waals surface area contributed by atoms with Crippen molar-refractivity contribution >= 4 is 0 Å². The standard InChI is InChI=1S/C15H24O3/c1-6-14(17-18-15(3,4)5)16-12(2)13-10-8-7-9-11-13/h7-12,14H,6H2,1-5H3. The van der Waals surface area contributed by atoms with Crippen molar-refractivity contribution in [3.05, 3.63) is 35.9 Å². The Morgan fingerprint density at radius 3 is 2.22 bits per heavy atom. The second-order valence-corrected chi connectivity index (χ2v) is 5.32. The van der Waals surface area contributed by atoms with E-state index in [1.54, 1.807) is 0 Å². The zero-order valence-electron chi connectivity index (χ0n) is 12.0. The van der Waals surface area contributed by atoms with E-state index in [0.29, 0.717) is 0 Å². The maximum absolute atomic E-state index is 5.83. The molecule has 0 amide bonds. The molecule has 0 aliphatic heterocycles. The molecule has 0 saturated carbocycles. The van der Waals surface area contributed by atoms with Gasteiger partial charge >= 0.3 is 0 Å². The van der Waals surface area contributed by atoms with Gasteiger partial charge in [0, 0.05) is 0 Å². The van der Waals surface area contributed by atoms with Crippen molar-refractivity contribution in [1.82, 2.24) is 0 Å². The summed E-state index contributed by atoms with van der Waals surface area (Å²) in [4.78, 5) is 10.6. The summed E-state index contributed by atoms with van der Waals surface area (Å²) >= 11 is 0. The first-order valence-electron chi connectivity index (χ1n) is 6.47. The maximum Gasteiger partial charge on any atom is 0.191 e. The van der Waals surface area contributed by atoms with Crippen LogP contribution in [0.25, 0.3) is 0 Å². The molecule has 0 aliphatic rings. The second-order valence-electron chi connectivity index (χ2n) is 5.32. The van der Waals surface area contributed by atoms with Gasteiger partial charge in [-0.2, -0.15) is 0 Å². The Morgan fingerprint density at radius 1 is 1.11 bits per heavy atom. The van der Waals surface area contributed by atoms with Crippen LogP contribution in [0, 0.1) is 0 Å². The van der Waals surface area contributed by atoms with E-state index in [9.17, 15) is 0 Å². The molecule has 0 bridgehead atoms. The third-order valence-corrected chi connectivity index (χ3v) is 2.36. The van der Waals surface area contributed by atoms with Crippen molar-refractivity contribution in [2.75, 3.05) is 0 Å². The number of hydrogen-bond donors (Lipinski definition) is 0. The minimum absolute atomic E-state index is 0.0141. The first-order valence-corrected chi connectivity index (χ1v) is 6.47. The first-order chi connectivity index (χ1) is 8.42. The van der Waals surface area contributed by atoms with E-state index in [1.165, 1.54) is 0 Å². The fourth-order valence-corrected chi connectivity index (χ4v) is 1.42. The predicted octanol–water partition coefficient (Wildman–Crippen LogP) is 4.25. The summed E-state index contributed by atoms with van der Waals surface area (Å²) in [6.45, 7) is 9.86. The number of benzene rings is 1. The lowest BCUT2D eigenvalue weighted by Gasteiger charge is -2.25. The normalized spacial score (nSPS) is 15.4. The topological polar surface area (TPSA) is 27.7 Å². The van der Waals surface area contributed by atoms with E-state index >= 15 is 0 Å². The number of ether oxygens (including phenoxy) is 1. The summed E-state index contributed by atoms with van der Waals surface area (Å²) < 4.78 is 5.83. The van der Waals surface area contributed by atoms with Crippen molar-refractivity contribution < 1.29 is 14.5 Å². The molecule has 3 heteroatoms. The molecule has 18 heavy (non-hydrogen) atoms. The molecule has 0 saturated heterocycles. The van der Waals surface area contributed by atoms with Gasteiger partial charge in [0.05, 0.1) is 11.7 Å². The van der Waals surface area contributed by atoms with Crippen LogP contribution in [0.2, 0.25) is 0 Å². The quantitative estimate of drug-likeness (QED) is 0.430. The lowest BCUT2D eigenvalue weighted by Crippen LogP contribution is -2.26. The van der Waals surface area contributed by atoms with Crippen LogP contribution in [-0.4, -0.2) is 11.9 Å². The van der Waals surface area contributed by atoms with Crippen molar-refractivity contribution in [1.29, 1.82) is 0 Å². The van der Waals surface area contributed by atoms with E-state index in [2.05, 4.69) is 0 Å². The van der Waals surface area contributed by atoms with Crippen LogP contribution in [0.4, 0.5) is 0 Å². The molecule has 1 aromatic carbocycles. The molecule has 0 spiro atoms. The highest BCUT2D eigenvalue weighted by molar-refractivity contribution is 5.16. The zero-order valence-corrected chi connectivity index (χ0v) is 12.0. The molecule has 0 radical (unpaired) electrons. The van der Waals surface area contributed by atoms with E-state index in [-0.39, 0.29) is 18.0 Å². The van der Waals surface area contributed by atoms with Gasteiger partial charge in [-0.25, -0.2) is 9.78 Å². The van der Waals surface area contributed by atoms with E-state index in [1.807, 2.05) is 65.0 Å². The van der Waals surface area contributed by atoms with Crippen LogP contribution in [-0.2, 0) is 14.5 Å². The van der Waals surface area contributed by atoms with Crippen molar-refractivity contribution in [2.45, 2.75) is 59.0 Å². The lowest BCUT2D eigenvalue weighted by molar-refractivity contribution is -0.421. The van der Waals surface area contributed by atoms with Gasteiger partial charge in [0.25, 0.3) is 0 Å². The average Bonchev–Trinajstić information content (AvgIpc) is 2.34. The zero-order chi connectivity index (χ0) is 13.6. The molecule has 102 valence electrons. The Morgan fingerprint density at radius 2 is 1.72 bits per heavy atom. The highest BCUT2D eigenvalue weighted by Crippen LogP contribution is 2.21. The lowest BCUT2D eigenvalue weighted by atomic mass is 10.1.